The third-order valence-electron chi connectivity index (χ3n) is 2.87. The van der Waals surface area contributed by atoms with Crippen LogP contribution in [0.15, 0.2) is 0 Å². The summed E-state index contributed by atoms with van der Waals surface area (Å²) in [6.45, 7) is 4.80. The van der Waals surface area contributed by atoms with Gasteiger partial charge in [0, 0.05) is 0 Å². The fraction of sp³-hybridized carbons (Fsp3) is 1.00. The molecule has 0 aliphatic heterocycles. The van der Waals surface area contributed by atoms with Gasteiger partial charge in [-0.2, -0.15) is 0 Å². The maximum absolute atomic E-state index is 3.63. The molecule has 0 nitrogen and oxygen atoms in total. The van der Waals surface area contributed by atoms with Gasteiger partial charge in [-0.3, -0.25) is 0 Å². The fourth-order valence-corrected chi connectivity index (χ4v) is 3.32. The maximum Gasteiger partial charge on any atom is -0.00520 e. The molecule has 0 N–H and O–H groups in total. The van der Waals surface area contributed by atoms with Crippen molar-refractivity contribution in [2.75, 3.05) is 0 Å². The van der Waals surface area contributed by atoms with Gasteiger partial charge in [0.2, 0.25) is 0 Å². The Hall–Kier alpha value is 0.910. The molecule has 66 valence electrons. The monoisotopic (exact) mass is 236 g/mol. The lowest BCUT2D eigenvalue weighted by molar-refractivity contribution is 0.303. The van der Waals surface area contributed by atoms with E-state index < -0.39 is 0 Å². The highest BCUT2D eigenvalue weighted by atomic mass is 79.9. The number of hydrogen-bond donors (Lipinski definition) is 0. The summed E-state index contributed by atoms with van der Waals surface area (Å²) in [6.07, 6.45) is 7.33. The van der Waals surface area contributed by atoms with Crippen molar-refractivity contribution in [3.8, 4) is 0 Å². The number of halogens is 1. The van der Waals surface area contributed by atoms with E-state index in [1.165, 1.54) is 32.1 Å². The van der Waals surface area contributed by atoms with Gasteiger partial charge in [0.15, 0.2) is 0 Å². The Morgan fingerprint density at radius 3 is 2.18 bits per heavy atom. The van der Waals surface area contributed by atoms with Gasteiger partial charge in [0.1, 0.15) is 0 Å². The molecule has 1 rings (SSSR count). The maximum atomic E-state index is 3.63. The van der Waals surface area contributed by atoms with E-state index >= 15 is 0 Å². The van der Waals surface area contributed by atoms with Crippen molar-refractivity contribution >= 4 is 22.8 Å². The average molecular weight is 237 g/mol. The molecule has 0 heterocycles. The fourth-order valence-electron chi connectivity index (χ4n) is 1.90. The van der Waals surface area contributed by atoms with Crippen molar-refractivity contribution in [2.45, 2.75) is 51.1 Å². The Kier molecular flexibility index (Phi) is 3.85. The van der Waals surface area contributed by atoms with Gasteiger partial charge in [-0.05, 0) is 31.2 Å². The highest BCUT2D eigenvalue weighted by Gasteiger charge is 2.29. The second kappa shape index (κ2) is 4.23. The van der Waals surface area contributed by atoms with Gasteiger partial charge in [-0.15, -0.1) is 0 Å². The second-order valence-electron chi connectivity index (χ2n) is 4.15. The van der Waals surface area contributed by atoms with Crippen LogP contribution >= 0.6 is 22.8 Å². The molecule has 1 aliphatic rings. The SMILES string of the molecule is CC(C)(PBr)C1CCCCC1. The third-order valence-corrected chi connectivity index (χ3v) is 6.83. The molecule has 0 aromatic heterocycles. The first-order valence-electron chi connectivity index (χ1n) is 4.54. The first kappa shape index (κ1) is 9.99. The van der Waals surface area contributed by atoms with E-state index in [0.717, 1.165) is 13.2 Å². The lowest BCUT2D eigenvalue weighted by Crippen LogP contribution is -2.27. The molecule has 0 bridgehead atoms. The zero-order valence-electron chi connectivity index (χ0n) is 7.49. The Bertz CT molecular complexity index is 117. The summed E-state index contributed by atoms with van der Waals surface area (Å²) in [6, 6.07) is 0. The lowest BCUT2D eigenvalue weighted by atomic mass is 9.81. The molecule has 1 aliphatic carbocycles. The lowest BCUT2D eigenvalue weighted by Gasteiger charge is -2.35. The smallest absolute Gasteiger partial charge is 0.00520 e. The third kappa shape index (κ3) is 2.70. The molecule has 1 unspecified atom stereocenters. The Morgan fingerprint density at radius 1 is 1.18 bits per heavy atom. The van der Waals surface area contributed by atoms with Crippen LogP contribution in [0.5, 0.6) is 0 Å². The Morgan fingerprint density at radius 2 is 1.73 bits per heavy atom. The normalized spacial score (nSPS) is 23.2. The van der Waals surface area contributed by atoms with E-state index in [4.69, 9.17) is 0 Å². The quantitative estimate of drug-likeness (QED) is 0.627. The van der Waals surface area contributed by atoms with Crippen molar-refractivity contribution in [2.24, 2.45) is 5.92 Å². The van der Waals surface area contributed by atoms with Crippen molar-refractivity contribution in [3.63, 3.8) is 0 Å². The van der Waals surface area contributed by atoms with E-state index in [1.54, 1.807) is 0 Å². The molecule has 11 heavy (non-hydrogen) atoms. The molecule has 0 spiro atoms. The average Bonchev–Trinajstić information content (AvgIpc) is 2.06. The van der Waals surface area contributed by atoms with E-state index in [0.29, 0.717) is 5.16 Å². The van der Waals surface area contributed by atoms with Gasteiger partial charge in [0.05, 0.1) is 0 Å². The van der Waals surface area contributed by atoms with Crippen molar-refractivity contribution in [1.29, 1.82) is 0 Å². The zero-order chi connectivity index (χ0) is 8.32. The summed E-state index contributed by atoms with van der Waals surface area (Å²) in [5.74, 6) is 0.981. The van der Waals surface area contributed by atoms with Crippen LogP contribution in [0, 0.1) is 5.92 Å². The molecule has 0 aromatic rings. The van der Waals surface area contributed by atoms with E-state index in [9.17, 15) is 0 Å². The first-order chi connectivity index (χ1) is 5.17. The summed E-state index contributed by atoms with van der Waals surface area (Å²) < 4.78 is 0. The van der Waals surface area contributed by atoms with Crippen molar-refractivity contribution < 1.29 is 0 Å². The molecule has 1 fully saturated rings. The van der Waals surface area contributed by atoms with E-state index in [1.807, 2.05) is 0 Å². The topological polar surface area (TPSA) is 0 Å². The van der Waals surface area contributed by atoms with E-state index in [2.05, 4.69) is 29.3 Å². The van der Waals surface area contributed by atoms with Crippen LogP contribution in [-0.4, -0.2) is 5.16 Å². The molecule has 0 amide bonds. The number of hydrogen-bond acceptors (Lipinski definition) is 0. The molecule has 0 saturated heterocycles. The Labute approximate surface area is 80.0 Å². The summed E-state index contributed by atoms with van der Waals surface area (Å²) in [7, 11) is 0.928. The second-order valence-corrected chi connectivity index (χ2v) is 6.82. The molecular formula is C9H18BrP. The molecule has 2 heteroatoms. The molecule has 1 saturated carbocycles. The van der Waals surface area contributed by atoms with Crippen LogP contribution in [0.4, 0.5) is 0 Å². The summed E-state index contributed by atoms with van der Waals surface area (Å²) in [5.41, 5.74) is 0. The number of rotatable bonds is 2. The van der Waals surface area contributed by atoms with Crippen molar-refractivity contribution in [3.05, 3.63) is 0 Å². The van der Waals surface area contributed by atoms with Gasteiger partial charge >= 0.3 is 0 Å². The largest absolute Gasteiger partial charge is 0.0636 e. The standard InChI is InChI=1S/C9H18BrP/c1-9(2,11-10)8-6-4-3-5-7-8/h8,11H,3-7H2,1-2H3. The molecule has 1 atom stereocenters. The van der Waals surface area contributed by atoms with Crippen LogP contribution in [0.2, 0.25) is 0 Å². The van der Waals surface area contributed by atoms with Crippen LogP contribution in [0.1, 0.15) is 46.0 Å². The highest BCUT2D eigenvalue weighted by Crippen LogP contribution is 2.47. The summed E-state index contributed by atoms with van der Waals surface area (Å²) in [5, 5.41) is 0.556. The zero-order valence-corrected chi connectivity index (χ0v) is 10.1. The molecule has 0 radical (unpaired) electrons. The van der Waals surface area contributed by atoms with Crippen molar-refractivity contribution in [1.82, 2.24) is 0 Å². The van der Waals surface area contributed by atoms with Gasteiger partial charge in [-0.25, -0.2) is 0 Å². The van der Waals surface area contributed by atoms with Crippen LogP contribution < -0.4 is 0 Å². The minimum absolute atomic E-state index is 0.556. The van der Waals surface area contributed by atoms with Crippen LogP contribution in [-0.2, 0) is 0 Å². The van der Waals surface area contributed by atoms with Crippen LogP contribution in [0.3, 0.4) is 0 Å². The molecule has 0 aromatic carbocycles. The predicted octanol–water partition coefficient (Wildman–Crippen LogP) is 4.33. The minimum Gasteiger partial charge on any atom is -0.0636 e. The van der Waals surface area contributed by atoms with Gasteiger partial charge in [-0.1, -0.05) is 48.6 Å². The van der Waals surface area contributed by atoms with Gasteiger partial charge < -0.3 is 0 Å². The predicted molar refractivity (Wildman–Crippen MR) is 57.9 cm³/mol. The summed E-state index contributed by atoms with van der Waals surface area (Å²) in [4.78, 5) is 0. The summed E-state index contributed by atoms with van der Waals surface area (Å²) >= 11 is 3.63. The first-order valence-corrected chi connectivity index (χ1v) is 7.80. The minimum atomic E-state index is 0.556. The Balaban J connectivity index is 2.43. The molecular weight excluding hydrogens is 219 g/mol. The van der Waals surface area contributed by atoms with Crippen LogP contribution in [0.25, 0.3) is 0 Å². The highest BCUT2D eigenvalue weighted by molar-refractivity contribution is 9.37. The van der Waals surface area contributed by atoms with Gasteiger partial charge in [0.25, 0.3) is 0 Å². The van der Waals surface area contributed by atoms with E-state index in [-0.39, 0.29) is 0 Å².